The Kier molecular flexibility index (Phi) is 6.27. The van der Waals surface area contributed by atoms with Crippen LogP contribution in [0.15, 0.2) is 4.47 Å². The van der Waals surface area contributed by atoms with Gasteiger partial charge in [-0.1, -0.05) is 33.1 Å². The Bertz CT molecular complexity index is 428. The highest BCUT2D eigenvalue weighted by molar-refractivity contribution is 9.10. The first-order valence-corrected chi connectivity index (χ1v) is 8.85. The second kappa shape index (κ2) is 7.96. The van der Waals surface area contributed by atoms with Gasteiger partial charge >= 0.3 is 0 Å². The molecule has 3 nitrogen and oxygen atoms in total. The van der Waals surface area contributed by atoms with E-state index in [0.717, 1.165) is 35.5 Å². The van der Waals surface area contributed by atoms with E-state index in [1.165, 1.54) is 44.2 Å². The van der Waals surface area contributed by atoms with Crippen molar-refractivity contribution in [3.05, 3.63) is 16.0 Å². The van der Waals surface area contributed by atoms with Gasteiger partial charge in [0, 0.05) is 18.9 Å². The van der Waals surface area contributed by atoms with Gasteiger partial charge < -0.3 is 5.32 Å². The van der Waals surface area contributed by atoms with Crippen molar-refractivity contribution in [1.29, 1.82) is 0 Å². The lowest BCUT2D eigenvalue weighted by atomic mass is 10.0. The number of hydrogen-bond donors (Lipinski definition) is 1. The topological polar surface area (TPSA) is 37.8 Å². The van der Waals surface area contributed by atoms with Crippen molar-refractivity contribution in [3.8, 4) is 0 Å². The first-order valence-electron chi connectivity index (χ1n) is 8.06. The number of halogens is 1. The van der Waals surface area contributed by atoms with Crippen LogP contribution in [-0.2, 0) is 6.42 Å². The molecule has 1 aliphatic carbocycles. The third kappa shape index (κ3) is 3.94. The molecule has 0 amide bonds. The van der Waals surface area contributed by atoms with Crippen LogP contribution < -0.4 is 5.32 Å². The lowest BCUT2D eigenvalue weighted by Gasteiger charge is -2.16. The van der Waals surface area contributed by atoms with E-state index in [1.807, 2.05) is 0 Å². The first-order chi connectivity index (χ1) is 9.76. The molecule has 2 rings (SSSR count). The lowest BCUT2D eigenvalue weighted by molar-refractivity contribution is 0.668. The fourth-order valence-electron chi connectivity index (χ4n) is 2.79. The zero-order chi connectivity index (χ0) is 14.4. The molecule has 0 saturated heterocycles. The van der Waals surface area contributed by atoms with Gasteiger partial charge in [0.2, 0.25) is 0 Å². The Morgan fingerprint density at radius 2 is 1.90 bits per heavy atom. The van der Waals surface area contributed by atoms with Gasteiger partial charge in [0.1, 0.15) is 11.6 Å². The van der Waals surface area contributed by atoms with Gasteiger partial charge in [-0.25, -0.2) is 9.97 Å². The van der Waals surface area contributed by atoms with Gasteiger partial charge in [0.05, 0.1) is 10.2 Å². The summed E-state index contributed by atoms with van der Waals surface area (Å²) in [4.78, 5) is 9.57. The fourth-order valence-corrected chi connectivity index (χ4v) is 3.43. The van der Waals surface area contributed by atoms with E-state index in [1.54, 1.807) is 0 Å². The molecule has 112 valence electrons. The molecule has 0 unspecified atom stereocenters. The molecule has 1 aliphatic rings. The molecule has 20 heavy (non-hydrogen) atoms. The number of hydrogen-bond acceptors (Lipinski definition) is 3. The summed E-state index contributed by atoms with van der Waals surface area (Å²) < 4.78 is 1.10. The quantitative estimate of drug-likeness (QED) is 0.754. The van der Waals surface area contributed by atoms with Crippen molar-refractivity contribution in [2.75, 3.05) is 11.9 Å². The molecule has 1 N–H and O–H groups in total. The van der Waals surface area contributed by atoms with Crippen molar-refractivity contribution in [3.63, 3.8) is 0 Å². The van der Waals surface area contributed by atoms with Crippen molar-refractivity contribution in [2.45, 2.75) is 71.1 Å². The minimum Gasteiger partial charge on any atom is -0.369 e. The lowest BCUT2D eigenvalue weighted by Crippen LogP contribution is -2.11. The summed E-state index contributed by atoms with van der Waals surface area (Å²) in [6.45, 7) is 5.36. The van der Waals surface area contributed by atoms with E-state index >= 15 is 0 Å². The Hall–Kier alpha value is -0.640. The molecule has 1 saturated carbocycles. The number of aryl methyl sites for hydroxylation is 1. The van der Waals surface area contributed by atoms with Gasteiger partial charge in [-0.3, -0.25) is 0 Å². The fraction of sp³-hybridized carbons (Fsp3) is 0.750. The summed E-state index contributed by atoms with van der Waals surface area (Å²) in [6, 6.07) is 0. The zero-order valence-corrected chi connectivity index (χ0v) is 14.3. The summed E-state index contributed by atoms with van der Waals surface area (Å²) in [5.41, 5.74) is 1.24. The van der Waals surface area contributed by atoms with Crippen LogP contribution in [0.4, 0.5) is 5.82 Å². The van der Waals surface area contributed by atoms with Gasteiger partial charge in [-0.15, -0.1) is 0 Å². The van der Waals surface area contributed by atoms with Gasteiger partial charge in [0.25, 0.3) is 0 Å². The van der Waals surface area contributed by atoms with Crippen LogP contribution in [0.3, 0.4) is 0 Å². The van der Waals surface area contributed by atoms with Crippen molar-refractivity contribution in [2.24, 2.45) is 0 Å². The highest BCUT2D eigenvalue weighted by Crippen LogP contribution is 2.38. The van der Waals surface area contributed by atoms with Gasteiger partial charge in [-0.05, 0) is 41.6 Å². The Morgan fingerprint density at radius 3 is 2.55 bits per heavy atom. The predicted molar refractivity (Wildman–Crippen MR) is 88.3 cm³/mol. The molecular weight excluding hydrogens is 314 g/mol. The molecule has 0 atom stereocenters. The third-order valence-electron chi connectivity index (χ3n) is 3.96. The summed E-state index contributed by atoms with van der Waals surface area (Å²) in [6.07, 6.45) is 9.68. The molecular formula is C16H26BrN3. The Labute approximate surface area is 131 Å². The van der Waals surface area contributed by atoms with E-state index in [2.05, 4.69) is 35.1 Å². The van der Waals surface area contributed by atoms with E-state index in [4.69, 9.17) is 9.97 Å². The van der Waals surface area contributed by atoms with Crippen LogP contribution in [-0.4, -0.2) is 16.5 Å². The summed E-state index contributed by atoms with van der Waals surface area (Å²) in [5, 5.41) is 3.45. The number of unbranched alkanes of at least 4 members (excludes halogenated alkanes) is 1. The van der Waals surface area contributed by atoms with Gasteiger partial charge in [-0.2, -0.15) is 0 Å². The molecule has 4 heteroatoms. The average Bonchev–Trinajstić information content (AvgIpc) is 2.98. The monoisotopic (exact) mass is 339 g/mol. The SMILES string of the molecule is CCCCc1nc(NCCC)c(Br)c(C2CCCC2)n1. The van der Waals surface area contributed by atoms with Crippen LogP contribution in [0.25, 0.3) is 0 Å². The van der Waals surface area contributed by atoms with E-state index < -0.39 is 0 Å². The van der Waals surface area contributed by atoms with Crippen molar-refractivity contribution in [1.82, 2.24) is 9.97 Å². The number of anilines is 1. The molecule has 1 heterocycles. The minimum atomic E-state index is 0.620. The maximum Gasteiger partial charge on any atom is 0.144 e. The second-order valence-corrected chi connectivity index (χ2v) is 6.49. The maximum absolute atomic E-state index is 4.86. The molecule has 1 aromatic heterocycles. The van der Waals surface area contributed by atoms with Crippen LogP contribution in [0.1, 0.15) is 76.2 Å². The van der Waals surface area contributed by atoms with Crippen LogP contribution in [0.5, 0.6) is 0 Å². The van der Waals surface area contributed by atoms with Crippen molar-refractivity contribution >= 4 is 21.7 Å². The third-order valence-corrected chi connectivity index (χ3v) is 4.74. The maximum atomic E-state index is 4.86. The van der Waals surface area contributed by atoms with E-state index in [-0.39, 0.29) is 0 Å². The normalized spacial score (nSPS) is 15.8. The standard InChI is InChI=1S/C16H26BrN3/c1-3-5-10-13-19-15(12-8-6-7-9-12)14(17)16(20-13)18-11-4-2/h12H,3-11H2,1-2H3,(H,18,19,20). The molecule has 0 bridgehead atoms. The average molecular weight is 340 g/mol. The molecule has 1 fully saturated rings. The summed E-state index contributed by atoms with van der Waals surface area (Å²) in [7, 11) is 0. The molecule has 0 aliphatic heterocycles. The summed E-state index contributed by atoms with van der Waals surface area (Å²) in [5.74, 6) is 2.63. The molecule has 0 spiro atoms. The highest BCUT2D eigenvalue weighted by Gasteiger charge is 2.23. The van der Waals surface area contributed by atoms with Crippen LogP contribution >= 0.6 is 15.9 Å². The number of aromatic nitrogens is 2. The molecule has 0 aromatic carbocycles. The first kappa shape index (κ1) is 15.7. The number of nitrogens with zero attached hydrogens (tertiary/aromatic N) is 2. The Morgan fingerprint density at radius 1 is 1.15 bits per heavy atom. The van der Waals surface area contributed by atoms with Crippen LogP contribution in [0, 0.1) is 0 Å². The van der Waals surface area contributed by atoms with E-state index in [9.17, 15) is 0 Å². The highest BCUT2D eigenvalue weighted by atomic mass is 79.9. The second-order valence-electron chi connectivity index (χ2n) is 5.70. The van der Waals surface area contributed by atoms with Crippen molar-refractivity contribution < 1.29 is 0 Å². The zero-order valence-electron chi connectivity index (χ0n) is 12.7. The largest absolute Gasteiger partial charge is 0.369 e. The molecule has 0 radical (unpaired) electrons. The minimum absolute atomic E-state index is 0.620. The van der Waals surface area contributed by atoms with Crippen LogP contribution in [0.2, 0.25) is 0 Å². The number of rotatable bonds is 7. The van der Waals surface area contributed by atoms with Gasteiger partial charge in [0.15, 0.2) is 0 Å². The molecule has 1 aromatic rings. The smallest absolute Gasteiger partial charge is 0.144 e. The number of nitrogens with one attached hydrogen (secondary N) is 1. The predicted octanol–water partition coefficient (Wildman–Crippen LogP) is 5.06. The summed E-state index contributed by atoms with van der Waals surface area (Å²) >= 11 is 3.74. The Balaban J connectivity index is 2.26. The van der Waals surface area contributed by atoms with E-state index in [0.29, 0.717) is 5.92 Å².